The summed E-state index contributed by atoms with van der Waals surface area (Å²) in [5, 5.41) is 13.5. The molecule has 3 aromatic heterocycles. The standard InChI is InChI=1S/C25H25B3F4N8/c1-3-14(2)38-8-7-18(17(29)12-38)33-23-34-20(11-24(26,27)28)22-16(6-9-39(22)36-23)15-4-5-19-21(10-15)40(37-35-19)13-25(30,31)32/h4-6,9-10,17-18H,2-3,7-8,11-13H2,1H3,(H,33,36). The fourth-order valence-electron chi connectivity index (χ4n) is 4.97. The van der Waals surface area contributed by atoms with E-state index in [0.717, 1.165) is 16.8 Å². The number of anilines is 1. The van der Waals surface area contributed by atoms with Crippen molar-refractivity contribution in [1.82, 2.24) is 34.5 Å². The average molecular weight is 546 g/mol. The Bertz CT molecular complexity index is 1540. The minimum Gasteiger partial charge on any atom is -0.372 e. The van der Waals surface area contributed by atoms with Crippen molar-refractivity contribution in [3.63, 3.8) is 0 Å². The molecule has 0 spiro atoms. The molecule has 2 atom stereocenters. The number of fused-ring (bicyclic) bond motifs is 2. The second-order valence-corrected chi connectivity index (χ2v) is 10.2. The van der Waals surface area contributed by atoms with Crippen LogP contribution < -0.4 is 5.32 Å². The summed E-state index contributed by atoms with van der Waals surface area (Å²) in [6.07, 6.45) is -2.77. The number of nitrogens with zero attached hydrogens (tertiary/aromatic N) is 7. The van der Waals surface area contributed by atoms with Gasteiger partial charge in [-0.05, 0) is 43.0 Å². The van der Waals surface area contributed by atoms with E-state index in [1.807, 2.05) is 11.8 Å². The second-order valence-electron chi connectivity index (χ2n) is 10.2. The zero-order chi connectivity index (χ0) is 28.8. The molecule has 1 aliphatic heterocycles. The molecule has 1 N–H and O–H groups in total. The Labute approximate surface area is 232 Å². The fraction of sp³-hybridized carbons (Fsp3) is 0.440. The minimum absolute atomic E-state index is 0.0612. The molecule has 6 radical (unpaired) electrons. The highest BCUT2D eigenvalue weighted by Crippen LogP contribution is 2.33. The van der Waals surface area contributed by atoms with Gasteiger partial charge in [0.15, 0.2) is 0 Å². The fourth-order valence-corrected chi connectivity index (χ4v) is 4.97. The lowest BCUT2D eigenvalue weighted by Crippen LogP contribution is -2.47. The van der Waals surface area contributed by atoms with Gasteiger partial charge in [-0.25, -0.2) is 18.6 Å². The molecule has 0 saturated carbocycles. The van der Waals surface area contributed by atoms with Crippen LogP contribution >= 0.6 is 0 Å². The number of benzene rings is 1. The smallest absolute Gasteiger partial charge is 0.372 e. The molecule has 40 heavy (non-hydrogen) atoms. The lowest BCUT2D eigenvalue weighted by molar-refractivity contribution is -0.142. The predicted octanol–water partition coefficient (Wildman–Crippen LogP) is 3.57. The molecule has 5 rings (SSSR count). The maximum Gasteiger partial charge on any atom is 0.408 e. The third-order valence-corrected chi connectivity index (χ3v) is 6.92. The summed E-state index contributed by atoms with van der Waals surface area (Å²) in [6, 6.07) is 6.09. The third-order valence-electron chi connectivity index (χ3n) is 6.92. The number of aromatic nitrogens is 6. The van der Waals surface area contributed by atoms with E-state index >= 15 is 4.39 Å². The number of rotatable bonds is 8. The Kier molecular flexibility index (Phi) is 7.34. The van der Waals surface area contributed by atoms with Gasteiger partial charge in [-0.1, -0.05) is 24.8 Å². The molecule has 2 unspecified atom stereocenters. The molecule has 1 aliphatic rings. The van der Waals surface area contributed by atoms with E-state index in [1.165, 1.54) is 0 Å². The molecule has 8 nitrogen and oxygen atoms in total. The van der Waals surface area contributed by atoms with Crippen molar-refractivity contribution in [3.05, 3.63) is 48.4 Å². The van der Waals surface area contributed by atoms with Gasteiger partial charge in [-0.3, -0.25) is 0 Å². The number of likely N-dealkylation sites (tertiary alicyclic amines) is 1. The first kappa shape index (κ1) is 28.0. The molecular weight excluding hydrogens is 521 g/mol. The summed E-state index contributed by atoms with van der Waals surface area (Å²) in [7, 11) is 17.8. The van der Waals surface area contributed by atoms with Crippen molar-refractivity contribution >= 4 is 46.0 Å². The highest BCUT2D eigenvalue weighted by molar-refractivity contribution is 6.59. The minimum atomic E-state index is -4.46. The van der Waals surface area contributed by atoms with Crippen LogP contribution in [0.3, 0.4) is 0 Å². The lowest BCUT2D eigenvalue weighted by atomic mass is 9.41. The maximum atomic E-state index is 15.1. The van der Waals surface area contributed by atoms with E-state index in [4.69, 9.17) is 23.5 Å². The Morgan fingerprint density at radius 3 is 2.65 bits per heavy atom. The molecule has 0 amide bonds. The molecule has 202 valence electrons. The average Bonchev–Trinajstić information content (AvgIpc) is 3.47. The molecule has 4 heterocycles. The largest absolute Gasteiger partial charge is 0.408 e. The van der Waals surface area contributed by atoms with Gasteiger partial charge in [0, 0.05) is 24.0 Å². The lowest BCUT2D eigenvalue weighted by Gasteiger charge is -2.37. The van der Waals surface area contributed by atoms with Crippen LogP contribution in [-0.2, 0) is 13.0 Å². The van der Waals surface area contributed by atoms with Crippen molar-refractivity contribution in [2.45, 2.75) is 56.2 Å². The van der Waals surface area contributed by atoms with Crippen LogP contribution in [0, 0.1) is 0 Å². The first-order valence-corrected chi connectivity index (χ1v) is 12.8. The molecule has 15 heteroatoms. The summed E-state index contributed by atoms with van der Waals surface area (Å²) in [6.45, 7) is 5.57. The van der Waals surface area contributed by atoms with Crippen LogP contribution in [0.15, 0.2) is 42.7 Å². The van der Waals surface area contributed by atoms with E-state index < -0.39 is 30.0 Å². The molecule has 1 saturated heterocycles. The van der Waals surface area contributed by atoms with E-state index in [0.29, 0.717) is 40.8 Å². The van der Waals surface area contributed by atoms with Crippen LogP contribution in [0.25, 0.3) is 27.7 Å². The second kappa shape index (κ2) is 10.5. The zero-order valence-electron chi connectivity index (χ0n) is 21.9. The van der Waals surface area contributed by atoms with Gasteiger partial charge in [0.1, 0.15) is 18.2 Å². The number of hydrogen-bond acceptors (Lipinski definition) is 6. The SMILES string of the molecule is [B]C([B])([B])Cc1nc(NC2CCN(C(=C)CC)CC2F)nn2ccc(-c3ccc4nnn(CC(F)(F)F)c4c3)c12. The molecule has 1 fully saturated rings. The van der Waals surface area contributed by atoms with Gasteiger partial charge in [0.2, 0.25) is 5.95 Å². The Balaban J connectivity index is 1.51. The number of alkyl halides is 4. The van der Waals surface area contributed by atoms with Crippen LogP contribution in [-0.4, -0.2) is 89.5 Å². The molecule has 0 aliphatic carbocycles. The Morgan fingerprint density at radius 1 is 1.20 bits per heavy atom. The van der Waals surface area contributed by atoms with Gasteiger partial charge in [-0.2, -0.15) is 13.2 Å². The number of nitrogens with one attached hydrogen (secondary N) is 1. The van der Waals surface area contributed by atoms with Gasteiger partial charge in [0.25, 0.3) is 0 Å². The summed E-state index contributed by atoms with van der Waals surface area (Å²) >= 11 is 0. The number of halogens is 4. The zero-order valence-corrected chi connectivity index (χ0v) is 21.9. The highest BCUT2D eigenvalue weighted by atomic mass is 19.4. The highest BCUT2D eigenvalue weighted by Gasteiger charge is 2.31. The molecule has 4 aromatic rings. The van der Waals surface area contributed by atoms with E-state index in [2.05, 4.69) is 32.3 Å². The monoisotopic (exact) mass is 546 g/mol. The van der Waals surface area contributed by atoms with Crippen LogP contribution in [0.4, 0.5) is 23.5 Å². The number of piperidine rings is 1. The van der Waals surface area contributed by atoms with Crippen molar-refractivity contribution in [2.24, 2.45) is 0 Å². The van der Waals surface area contributed by atoms with Crippen molar-refractivity contribution in [3.8, 4) is 11.1 Å². The van der Waals surface area contributed by atoms with E-state index in [9.17, 15) is 13.2 Å². The van der Waals surface area contributed by atoms with Gasteiger partial charge >= 0.3 is 6.18 Å². The predicted molar refractivity (Wildman–Crippen MR) is 147 cm³/mol. The quantitative estimate of drug-likeness (QED) is 0.269. The Morgan fingerprint density at radius 2 is 1.98 bits per heavy atom. The van der Waals surface area contributed by atoms with E-state index in [1.54, 1.807) is 35.0 Å². The summed E-state index contributed by atoms with van der Waals surface area (Å²) in [5.41, 5.74) is 3.51. The normalized spacial score (nSPS) is 18.5. The maximum absolute atomic E-state index is 15.1. The van der Waals surface area contributed by atoms with Crippen molar-refractivity contribution in [2.75, 3.05) is 18.4 Å². The number of hydrogen-bond donors (Lipinski definition) is 1. The van der Waals surface area contributed by atoms with Crippen molar-refractivity contribution < 1.29 is 17.6 Å². The topological polar surface area (TPSA) is 76.2 Å². The van der Waals surface area contributed by atoms with E-state index in [-0.39, 0.29) is 24.4 Å². The number of allylic oxidation sites excluding steroid dienone is 1. The summed E-state index contributed by atoms with van der Waals surface area (Å²) in [5.74, 6) is 0.173. The van der Waals surface area contributed by atoms with Crippen LogP contribution in [0.1, 0.15) is 25.5 Å². The van der Waals surface area contributed by atoms with Gasteiger partial charge < -0.3 is 10.2 Å². The van der Waals surface area contributed by atoms with Crippen LogP contribution in [0.2, 0.25) is 5.11 Å². The molecular formula is C25H25B3F4N8. The summed E-state index contributed by atoms with van der Waals surface area (Å²) in [4.78, 5) is 6.54. The summed E-state index contributed by atoms with van der Waals surface area (Å²) < 4.78 is 56.6. The molecule has 0 bridgehead atoms. The first-order valence-electron chi connectivity index (χ1n) is 12.8. The first-order chi connectivity index (χ1) is 18.8. The van der Waals surface area contributed by atoms with Gasteiger partial charge in [0.05, 0.1) is 52.9 Å². The molecule has 1 aromatic carbocycles. The van der Waals surface area contributed by atoms with Gasteiger partial charge in [-0.15, -0.1) is 15.3 Å². The third kappa shape index (κ3) is 5.97. The Hall–Kier alpha value is -3.51. The van der Waals surface area contributed by atoms with Crippen LogP contribution in [0.5, 0.6) is 0 Å². The van der Waals surface area contributed by atoms with Crippen molar-refractivity contribution in [1.29, 1.82) is 0 Å².